The number of hydrogen-bond acceptors (Lipinski definition) is 3. The summed E-state index contributed by atoms with van der Waals surface area (Å²) in [4.78, 5) is 14.4. The second-order valence-corrected chi connectivity index (χ2v) is 2.22. The van der Waals surface area contributed by atoms with Gasteiger partial charge in [0.2, 0.25) is 0 Å². The third-order valence-electron chi connectivity index (χ3n) is 1.08. The molecular weight excluding hydrogens is 166 g/mol. The Morgan fingerprint density at radius 2 is 2.55 bits per heavy atom. The van der Waals surface area contributed by atoms with Crippen LogP contribution in [0.4, 0.5) is 0 Å². The van der Waals surface area contributed by atoms with Crippen LogP contribution in [0.3, 0.4) is 0 Å². The fraction of sp³-hybridized carbons (Fsp3) is 0.143. The molecule has 1 heterocycles. The van der Waals surface area contributed by atoms with Gasteiger partial charge in [0.05, 0.1) is 17.7 Å². The number of carbonyl (C=O) groups excluding carboxylic acids is 1. The zero-order valence-electron chi connectivity index (χ0n) is 5.80. The number of hydrogen-bond donors (Lipinski definition) is 0. The van der Waals surface area contributed by atoms with Gasteiger partial charge < -0.3 is 4.74 Å². The molecule has 0 spiro atoms. The van der Waals surface area contributed by atoms with Crippen LogP contribution in [-0.2, 0) is 4.74 Å². The number of rotatable bonds is 1. The van der Waals surface area contributed by atoms with Gasteiger partial charge in [-0.2, -0.15) is 0 Å². The second-order valence-electron chi connectivity index (χ2n) is 1.81. The van der Waals surface area contributed by atoms with Crippen molar-refractivity contribution in [1.82, 2.24) is 4.98 Å². The molecule has 0 bridgehead atoms. The van der Waals surface area contributed by atoms with Crippen molar-refractivity contribution >= 4 is 17.6 Å². The van der Waals surface area contributed by atoms with Crippen LogP contribution in [0.15, 0.2) is 12.3 Å². The SMILES string of the molecule is COC(=O)c1cn[c]c(Cl)c1. The summed E-state index contributed by atoms with van der Waals surface area (Å²) in [6.45, 7) is 0. The molecule has 0 aliphatic rings. The highest BCUT2D eigenvalue weighted by Gasteiger charge is 2.04. The molecule has 4 heteroatoms. The number of methoxy groups -OCH3 is 1. The predicted molar refractivity (Wildman–Crippen MR) is 39.4 cm³/mol. The van der Waals surface area contributed by atoms with E-state index in [0.717, 1.165) is 0 Å². The molecule has 11 heavy (non-hydrogen) atoms. The van der Waals surface area contributed by atoms with E-state index in [1.807, 2.05) is 0 Å². The third-order valence-corrected chi connectivity index (χ3v) is 1.27. The largest absolute Gasteiger partial charge is 0.465 e. The van der Waals surface area contributed by atoms with Crippen LogP contribution in [-0.4, -0.2) is 18.1 Å². The smallest absolute Gasteiger partial charge is 0.339 e. The van der Waals surface area contributed by atoms with E-state index >= 15 is 0 Å². The molecule has 57 valence electrons. The van der Waals surface area contributed by atoms with Crippen molar-refractivity contribution in [2.75, 3.05) is 7.11 Å². The van der Waals surface area contributed by atoms with Crippen LogP contribution in [0.2, 0.25) is 5.02 Å². The number of halogens is 1. The number of carbonyl (C=O) groups is 1. The number of nitrogens with zero attached hydrogens (tertiary/aromatic N) is 1. The van der Waals surface area contributed by atoms with E-state index in [2.05, 4.69) is 15.9 Å². The van der Waals surface area contributed by atoms with Crippen molar-refractivity contribution in [3.8, 4) is 0 Å². The summed E-state index contributed by atoms with van der Waals surface area (Å²) < 4.78 is 4.44. The van der Waals surface area contributed by atoms with Gasteiger partial charge in [-0.25, -0.2) is 4.79 Å². The Bertz CT molecular complexity index is 275. The normalized spacial score (nSPS) is 9.27. The number of pyridine rings is 1. The maximum atomic E-state index is 10.8. The number of aromatic nitrogens is 1. The molecule has 1 aromatic heterocycles. The maximum Gasteiger partial charge on any atom is 0.339 e. The molecule has 0 aromatic carbocycles. The quantitative estimate of drug-likeness (QED) is 0.597. The lowest BCUT2D eigenvalue weighted by Gasteiger charge is -1.96. The fourth-order valence-corrected chi connectivity index (χ4v) is 0.765. The van der Waals surface area contributed by atoms with Crippen LogP contribution in [0.1, 0.15) is 10.4 Å². The first-order valence-corrected chi connectivity index (χ1v) is 3.23. The topological polar surface area (TPSA) is 39.2 Å². The van der Waals surface area contributed by atoms with Gasteiger partial charge in [0.1, 0.15) is 6.20 Å². The molecule has 1 radical (unpaired) electrons. The molecule has 1 rings (SSSR count). The highest BCUT2D eigenvalue weighted by molar-refractivity contribution is 6.30. The van der Waals surface area contributed by atoms with E-state index in [1.54, 1.807) is 0 Å². The van der Waals surface area contributed by atoms with Gasteiger partial charge >= 0.3 is 5.97 Å². The molecule has 3 nitrogen and oxygen atoms in total. The van der Waals surface area contributed by atoms with Crippen molar-refractivity contribution in [2.24, 2.45) is 0 Å². The molecule has 0 aliphatic heterocycles. The van der Waals surface area contributed by atoms with E-state index < -0.39 is 5.97 Å². The van der Waals surface area contributed by atoms with Crippen LogP contribution >= 0.6 is 11.6 Å². The van der Waals surface area contributed by atoms with E-state index in [0.29, 0.717) is 10.6 Å². The Kier molecular flexibility index (Phi) is 2.44. The average Bonchev–Trinajstić information content (AvgIpc) is 2.03. The summed E-state index contributed by atoms with van der Waals surface area (Å²) in [5, 5.41) is 0.299. The highest BCUT2D eigenvalue weighted by atomic mass is 35.5. The first kappa shape index (κ1) is 8.01. The van der Waals surface area contributed by atoms with E-state index in [-0.39, 0.29) is 0 Å². The summed E-state index contributed by atoms with van der Waals surface area (Å²) in [5.41, 5.74) is 0.330. The molecule has 0 saturated heterocycles. The Balaban J connectivity index is 2.96. The molecule has 0 amide bonds. The molecule has 0 saturated carbocycles. The molecule has 0 fully saturated rings. The van der Waals surface area contributed by atoms with Gasteiger partial charge in [-0.1, -0.05) is 11.6 Å². The third kappa shape index (κ3) is 1.91. The standard InChI is InChI=1S/C7H5ClNO2/c1-11-7(10)5-2-6(8)4-9-3-5/h2-3H,1H3. The zero-order valence-corrected chi connectivity index (χ0v) is 6.55. The fourth-order valence-electron chi connectivity index (χ4n) is 0.599. The molecule has 0 atom stereocenters. The van der Waals surface area contributed by atoms with Crippen LogP contribution in [0, 0.1) is 6.20 Å². The monoisotopic (exact) mass is 170 g/mol. The van der Waals surface area contributed by atoms with Gasteiger partial charge in [-0.15, -0.1) is 0 Å². The van der Waals surface area contributed by atoms with E-state index in [9.17, 15) is 4.79 Å². The van der Waals surface area contributed by atoms with Gasteiger partial charge in [0, 0.05) is 6.20 Å². The van der Waals surface area contributed by atoms with Gasteiger partial charge in [0.15, 0.2) is 0 Å². The van der Waals surface area contributed by atoms with Crippen molar-refractivity contribution in [3.05, 3.63) is 29.0 Å². The predicted octanol–water partition coefficient (Wildman–Crippen LogP) is 1.32. The van der Waals surface area contributed by atoms with Crippen molar-refractivity contribution in [1.29, 1.82) is 0 Å². The first-order chi connectivity index (χ1) is 5.24. The minimum Gasteiger partial charge on any atom is -0.465 e. The van der Waals surface area contributed by atoms with Crippen molar-refractivity contribution < 1.29 is 9.53 Å². The molecule has 1 aromatic rings. The average molecular weight is 171 g/mol. The summed E-state index contributed by atoms with van der Waals surface area (Å²) in [6.07, 6.45) is 3.80. The lowest BCUT2D eigenvalue weighted by Crippen LogP contribution is -2.01. The Hall–Kier alpha value is -1.09. The van der Waals surface area contributed by atoms with E-state index in [1.165, 1.54) is 19.4 Å². The van der Waals surface area contributed by atoms with Crippen LogP contribution in [0.25, 0.3) is 0 Å². The van der Waals surface area contributed by atoms with Gasteiger partial charge in [0.25, 0.3) is 0 Å². The Morgan fingerprint density at radius 3 is 3.09 bits per heavy atom. The minimum absolute atomic E-state index is 0.299. The summed E-state index contributed by atoms with van der Waals surface area (Å²) in [7, 11) is 1.30. The van der Waals surface area contributed by atoms with Crippen LogP contribution in [0.5, 0.6) is 0 Å². The van der Waals surface area contributed by atoms with Gasteiger partial charge in [-0.05, 0) is 6.07 Å². The van der Waals surface area contributed by atoms with Crippen LogP contribution < -0.4 is 0 Å². The highest BCUT2D eigenvalue weighted by Crippen LogP contribution is 2.07. The summed E-state index contributed by atoms with van der Waals surface area (Å²) in [6, 6.07) is 1.44. The Morgan fingerprint density at radius 1 is 1.82 bits per heavy atom. The maximum absolute atomic E-state index is 10.8. The zero-order chi connectivity index (χ0) is 8.27. The lowest BCUT2D eigenvalue weighted by atomic mass is 10.3. The molecule has 0 aliphatic carbocycles. The molecule has 0 N–H and O–H groups in total. The number of ether oxygens (including phenoxy) is 1. The minimum atomic E-state index is -0.451. The van der Waals surface area contributed by atoms with Crippen molar-refractivity contribution in [3.63, 3.8) is 0 Å². The molecular formula is C7H5ClNO2. The Labute approximate surface area is 69.0 Å². The second kappa shape index (κ2) is 3.34. The van der Waals surface area contributed by atoms with Gasteiger partial charge in [-0.3, -0.25) is 4.98 Å². The molecule has 0 unspecified atom stereocenters. The summed E-state index contributed by atoms with van der Waals surface area (Å²) in [5.74, 6) is -0.451. The van der Waals surface area contributed by atoms with Crippen molar-refractivity contribution in [2.45, 2.75) is 0 Å². The lowest BCUT2D eigenvalue weighted by molar-refractivity contribution is 0.0600. The first-order valence-electron chi connectivity index (χ1n) is 2.85. The summed E-state index contributed by atoms with van der Waals surface area (Å²) >= 11 is 5.52. The van der Waals surface area contributed by atoms with E-state index in [4.69, 9.17) is 11.6 Å². The number of esters is 1.